The average Bonchev–Trinajstić information content (AvgIpc) is 3.32. The van der Waals surface area contributed by atoms with Crippen LogP contribution in [0.2, 0.25) is 0 Å². The molecule has 4 aromatic rings. The lowest BCUT2D eigenvalue weighted by Crippen LogP contribution is -1.98. The molecule has 0 radical (unpaired) electrons. The minimum atomic E-state index is 0.441. The smallest absolute Gasteiger partial charge is 0.258 e. The first-order chi connectivity index (χ1) is 15.2. The van der Waals surface area contributed by atoms with Gasteiger partial charge in [-0.1, -0.05) is 29.4 Å². The molecule has 2 heterocycles. The number of benzene rings is 2. The molecule has 158 valence electrons. The first-order valence-electron chi connectivity index (χ1n) is 10.5. The quantitative estimate of drug-likeness (QED) is 0.329. The predicted octanol–water partition coefficient (Wildman–Crippen LogP) is 6.20. The summed E-state index contributed by atoms with van der Waals surface area (Å²) in [5.74, 6) is 3.04. The van der Waals surface area contributed by atoms with E-state index in [1.54, 1.807) is 11.3 Å². The van der Waals surface area contributed by atoms with E-state index in [2.05, 4.69) is 27.7 Å². The van der Waals surface area contributed by atoms with Crippen LogP contribution in [0.15, 0.2) is 52.4 Å². The maximum Gasteiger partial charge on any atom is 0.258 e. The van der Waals surface area contributed by atoms with Crippen LogP contribution >= 0.6 is 11.3 Å². The van der Waals surface area contributed by atoms with Crippen molar-refractivity contribution in [2.24, 2.45) is 0 Å². The summed E-state index contributed by atoms with van der Waals surface area (Å²) in [6.07, 6.45) is 2.54. The topological polar surface area (TPSA) is 70.3 Å². The van der Waals surface area contributed by atoms with E-state index < -0.39 is 0 Å². The summed E-state index contributed by atoms with van der Waals surface area (Å²) < 4.78 is 16.8. The molecule has 2 aromatic heterocycles. The van der Waals surface area contributed by atoms with Crippen molar-refractivity contribution in [3.8, 4) is 45.6 Å². The van der Waals surface area contributed by atoms with Gasteiger partial charge in [-0.2, -0.15) is 4.98 Å². The van der Waals surface area contributed by atoms with Gasteiger partial charge in [0.05, 0.1) is 23.9 Å². The van der Waals surface area contributed by atoms with Crippen LogP contribution in [0, 0.1) is 0 Å². The molecular weight excluding hydrogens is 410 g/mol. The maximum atomic E-state index is 5.70. The zero-order chi connectivity index (χ0) is 21.2. The molecule has 1 aliphatic rings. The highest BCUT2D eigenvalue weighted by molar-refractivity contribution is 7.10. The molecule has 1 saturated carbocycles. The zero-order valence-electron chi connectivity index (χ0n) is 17.5. The van der Waals surface area contributed by atoms with E-state index in [9.17, 15) is 0 Å². The van der Waals surface area contributed by atoms with Crippen molar-refractivity contribution in [1.29, 1.82) is 0 Å². The van der Waals surface area contributed by atoms with E-state index in [0.29, 0.717) is 42.3 Å². The van der Waals surface area contributed by atoms with E-state index in [1.165, 1.54) is 17.8 Å². The van der Waals surface area contributed by atoms with Gasteiger partial charge in [0.1, 0.15) is 0 Å². The summed E-state index contributed by atoms with van der Waals surface area (Å²) in [5, 5.41) is 7.55. The number of aromatic nitrogens is 3. The number of hydrogen-bond acceptors (Lipinski definition) is 7. The Balaban J connectivity index is 1.37. The van der Waals surface area contributed by atoms with E-state index in [4.69, 9.17) is 19.0 Å². The number of ether oxygens (including phenoxy) is 2. The Labute approximate surface area is 184 Å². The lowest BCUT2D eigenvalue weighted by molar-refractivity contribution is 0.288. The Morgan fingerprint density at radius 1 is 0.903 bits per heavy atom. The van der Waals surface area contributed by atoms with Crippen LogP contribution < -0.4 is 9.47 Å². The van der Waals surface area contributed by atoms with Crippen LogP contribution in [0.3, 0.4) is 0 Å². The summed E-state index contributed by atoms with van der Waals surface area (Å²) in [6, 6.07) is 13.8. The van der Waals surface area contributed by atoms with Gasteiger partial charge in [-0.25, -0.2) is 4.98 Å². The van der Waals surface area contributed by atoms with Gasteiger partial charge >= 0.3 is 0 Å². The molecular formula is C24H23N3O3S. The highest BCUT2D eigenvalue weighted by Crippen LogP contribution is 2.42. The minimum absolute atomic E-state index is 0.441. The molecule has 6 nitrogen and oxygen atoms in total. The normalized spacial score (nSPS) is 13.4. The molecule has 0 unspecified atom stereocenters. The van der Waals surface area contributed by atoms with Crippen molar-refractivity contribution in [2.45, 2.75) is 32.6 Å². The molecule has 0 atom stereocenters. The fourth-order valence-corrected chi connectivity index (χ4v) is 4.37. The largest absolute Gasteiger partial charge is 0.490 e. The number of thiazole rings is 1. The van der Waals surface area contributed by atoms with Gasteiger partial charge < -0.3 is 14.0 Å². The second-order valence-corrected chi connectivity index (χ2v) is 8.26. The molecule has 0 bridgehead atoms. The Morgan fingerprint density at radius 3 is 2.35 bits per heavy atom. The maximum absolute atomic E-state index is 5.70. The molecule has 0 saturated heterocycles. The molecule has 1 fully saturated rings. The number of nitrogens with zero attached hydrogens (tertiary/aromatic N) is 3. The number of hydrogen-bond donors (Lipinski definition) is 0. The third kappa shape index (κ3) is 4.18. The highest BCUT2D eigenvalue weighted by atomic mass is 32.1. The van der Waals surface area contributed by atoms with Gasteiger partial charge in [-0.15, -0.1) is 11.3 Å². The summed E-state index contributed by atoms with van der Waals surface area (Å²) in [6.45, 7) is 5.00. The lowest BCUT2D eigenvalue weighted by atomic mass is 10.1. The molecule has 0 N–H and O–H groups in total. The van der Waals surface area contributed by atoms with E-state index in [0.717, 1.165) is 22.4 Å². The van der Waals surface area contributed by atoms with Gasteiger partial charge in [0.25, 0.3) is 5.89 Å². The molecule has 31 heavy (non-hydrogen) atoms. The molecule has 2 aromatic carbocycles. The van der Waals surface area contributed by atoms with Crippen LogP contribution in [-0.4, -0.2) is 28.3 Å². The monoisotopic (exact) mass is 433 g/mol. The minimum Gasteiger partial charge on any atom is -0.490 e. The van der Waals surface area contributed by atoms with E-state index in [1.807, 2.05) is 44.2 Å². The Morgan fingerprint density at radius 2 is 1.61 bits per heavy atom. The van der Waals surface area contributed by atoms with Crippen molar-refractivity contribution >= 4 is 11.3 Å². The van der Waals surface area contributed by atoms with Crippen LogP contribution in [-0.2, 0) is 0 Å². The molecule has 7 heteroatoms. The summed E-state index contributed by atoms with van der Waals surface area (Å²) >= 11 is 1.76. The zero-order valence-corrected chi connectivity index (χ0v) is 18.3. The lowest BCUT2D eigenvalue weighted by Gasteiger charge is -2.11. The third-order valence-electron chi connectivity index (χ3n) is 5.10. The second kappa shape index (κ2) is 8.51. The Hall–Kier alpha value is -3.19. The summed E-state index contributed by atoms with van der Waals surface area (Å²) in [7, 11) is 0. The SMILES string of the molecule is CCOc1ccc(-c2nc(-c3ccc(-c4csc(C5CC5)n4)cc3)no2)cc1OCC. The third-order valence-corrected chi connectivity index (χ3v) is 6.11. The second-order valence-electron chi connectivity index (χ2n) is 7.37. The van der Waals surface area contributed by atoms with Crippen LogP contribution in [0.4, 0.5) is 0 Å². The van der Waals surface area contributed by atoms with Crippen molar-refractivity contribution in [3.05, 3.63) is 52.9 Å². The molecule has 5 rings (SSSR count). The molecule has 1 aliphatic carbocycles. The fourth-order valence-electron chi connectivity index (χ4n) is 3.37. The van der Waals surface area contributed by atoms with Crippen molar-refractivity contribution in [1.82, 2.24) is 15.1 Å². The number of rotatable bonds is 8. The molecule has 0 spiro atoms. The van der Waals surface area contributed by atoms with E-state index in [-0.39, 0.29) is 0 Å². The van der Waals surface area contributed by atoms with Gasteiger partial charge in [0.2, 0.25) is 5.82 Å². The van der Waals surface area contributed by atoms with Crippen molar-refractivity contribution in [2.75, 3.05) is 13.2 Å². The first-order valence-corrected chi connectivity index (χ1v) is 11.4. The van der Waals surface area contributed by atoms with Crippen LogP contribution in [0.25, 0.3) is 34.1 Å². The van der Waals surface area contributed by atoms with Crippen molar-refractivity contribution < 1.29 is 14.0 Å². The van der Waals surface area contributed by atoms with Gasteiger partial charge in [-0.3, -0.25) is 0 Å². The van der Waals surface area contributed by atoms with Gasteiger partial charge in [-0.05, 0) is 44.9 Å². The average molecular weight is 434 g/mol. The summed E-state index contributed by atoms with van der Waals surface area (Å²) in [4.78, 5) is 9.36. The Bertz CT molecular complexity index is 1180. The predicted molar refractivity (Wildman–Crippen MR) is 121 cm³/mol. The Kier molecular flexibility index (Phi) is 5.42. The molecule has 0 amide bonds. The van der Waals surface area contributed by atoms with Crippen LogP contribution in [0.5, 0.6) is 11.5 Å². The van der Waals surface area contributed by atoms with E-state index >= 15 is 0 Å². The fraction of sp³-hybridized carbons (Fsp3) is 0.292. The van der Waals surface area contributed by atoms with Gasteiger partial charge in [0.15, 0.2) is 11.5 Å². The standard InChI is InChI=1S/C24H23N3O3S/c1-3-28-20-12-11-18(13-21(20)29-4-2)23-26-22(27-30-23)16-7-5-15(6-8-16)19-14-31-24(25-19)17-9-10-17/h5-8,11-14,17H,3-4,9-10H2,1-2H3. The first kappa shape index (κ1) is 19.8. The molecule has 0 aliphatic heterocycles. The van der Waals surface area contributed by atoms with Gasteiger partial charge in [0, 0.05) is 28.0 Å². The summed E-state index contributed by atoms with van der Waals surface area (Å²) in [5.41, 5.74) is 3.82. The van der Waals surface area contributed by atoms with Crippen molar-refractivity contribution in [3.63, 3.8) is 0 Å². The van der Waals surface area contributed by atoms with Crippen LogP contribution in [0.1, 0.15) is 37.6 Å². The highest BCUT2D eigenvalue weighted by Gasteiger charge is 2.26.